The van der Waals surface area contributed by atoms with E-state index >= 15 is 0 Å². The zero-order valence-electron chi connectivity index (χ0n) is 10.0. The number of nitrogens with two attached hydrogens (primary N) is 1. The van der Waals surface area contributed by atoms with Crippen molar-refractivity contribution < 1.29 is 9.18 Å². The molecule has 0 bridgehead atoms. The first-order valence-electron chi connectivity index (χ1n) is 6.27. The molecule has 5 heteroatoms. The molecule has 4 N–H and O–H groups in total. The van der Waals surface area contributed by atoms with E-state index in [1.54, 1.807) is 0 Å². The summed E-state index contributed by atoms with van der Waals surface area (Å²) in [5, 5.41) is 6.10. The fraction of sp³-hybridized carbons (Fsp3) is 0.462. The van der Waals surface area contributed by atoms with E-state index in [1.165, 1.54) is 25.0 Å². The minimum Gasteiger partial charge on any atom is -0.397 e. The quantitative estimate of drug-likeness (QED) is 0.699. The molecule has 1 aromatic rings. The standard InChI is InChI=1S/C13H16FN3O/c14-8-4-10-12(11(15)5-8)17-9(3-7-1-2-7)6-16-13(10)18/h4-5,7,9,17H,1-3,6,15H2,(H,16,18). The maximum Gasteiger partial charge on any atom is 0.253 e. The molecule has 0 saturated heterocycles. The first-order valence-corrected chi connectivity index (χ1v) is 6.27. The van der Waals surface area contributed by atoms with Crippen LogP contribution in [0.2, 0.25) is 0 Å². The van der Waals surface area contributed by atoms with Crippen LogP contribution >= 0.6 is 0 Å². The third-order valence-electron chi connectivity index (χ3n) is 3.55. The minimum absolute atomic E-state index is 0.176. The maximum absolute atomic E-state index is 13.3. The van der Waals surface area contributed by atoms with E-state index in [4.69, 9.17) is 5.73 Å². The molecule has 3 rings (SSSR count). The number of nitrogen functional groups attached to an aromatic ring is 1. The molecule has 1 heterocycles. The Morgan fingerprint density at radius 2 is 2.17 bits per heavy atom. The summed E-state index contributed by atoms with van der Waals surface area (Å²) in [6, 6.07) is 2.65. The molecule has 1 fully saturated rings. The number of fused-ring (bicyclic) bond motifs is 1. The van der Waals surface area contributed by atoms with E-state index in [0.29, 0.717) is 23.5 Å². The van der Waals surface area contributed by atoms with Crippen LogP contribution in [0, 0.1) is 11.7 Å². The zero-order chi connectivity index (χ0) is 12.7. The Balaban J connectivity index is 1.92. The number of nitrogens with one attached hydrogen (secondary N) is 2. The number of halogens is 1. The smallest absolute Gasteiger partial charge is 0.253 e. The summed E-state index contributed by atoms with van der Waals surface area (Å²) >= 11 is 0. The number of amides is 1. The summed E-state index contributed by atoms with van der Waals surface area (Å²) in [5.74, 6) is 0.00784. The SMILES string of the molecule is Nc1cc(F)cc2c1NC(CC1CC1)CNC2=O. The molecular formula is C13H16FN3O. The zero-order valence-corrected chi connectivity index (χ0v) is 10.0. The van der Waals surface area contributed by atoms with E-state index in [2.05, 4.69) is 10.6 Å². The molecule has 1 aliphatic carbocycles. The highest BCUT2D eigenvalue weighted by atomic mass is 19.1. The van der Waals surface area contributed by atoms with Gasteiger partial charge in [-0.15, -0.1) is 0 Å². The van der Waals surface area contributed by atoms with E-state index in [9.17, 15) is 9.18 Å². The second-order valence-corrected chi connectivity index (χ2v) is 5.15. The Hall–Kier alpha value is -1.78. The fourth-order valence-electron chi connectivity index (χ4n) is 2.43. The Bertz CT molecular complexity index is 499. The topological polar surface area (TPSA) is 67.2 Å². The van der Waals surface area contributed by atoms with E-state index in [0.717, 1.165) is 12.3 Å². The van der Waals surface area contributed by atoms with E-state index in [1.807, 2.05) is 0 Å². The number of hydrogen-bond acceptors (Lipinski definition) is 3. The fourth-order valence-corrected chi connectivity index (χ4v) is 2.43. The van der Waals surface area contributed by atoms with Crippen LogP contribution in [-0.4, -0.2) is 18.5 Å². The second kappa shape index (κ2) is 4.15. The second-order valence-electron chi connectivity index (χ2n) is 5.15. The lowest BCUT2D eigenvalue weighted by Crippen LogP contribution is -2.33. The number of hydrogen-bond donors (Lipinski definition) is 3. The van der Waals surface area contributed by atoms with Crippen molar-refractivity contribution in [2.75, 3.05) is 17.6 Å². The van der Waals surface area contributed by atoms with Crippen LogP contribution < -0.4 is 16.4 Å². The van der Waals surface area contributed by atoms with Crippen LogP contribution in [0.3, 0.4) is 0 Å². The molecule has 1 saturated carbocycles. The van der Waals surface area contributed by atoms with Gasteiger partial charge in [-0.2, -0.15) is 0 Å². The van der Waals surface area contributed by atoms with Gasteiger partial charge in [0.1, 0.15) is 5.82 Å². The van der Waals surface area contributed by atoms with Gasteiger partial charge in [0.15, 0.2) is 0 Å². The monoisotopic (exact) mass is 249 g/mol. The summed E-state index contributed by atoms with van der Waals surface area (Å²) in [4.78, 5) is 11.9. The normalized spacial score (nSPS) is 22.7. The number of benzene rings is 1. The molecule has 4 nitrogen and oxygen atoms in total. The molecule has 0 radical (unpaired) electrons. The molecule has 1 aliphatic heterocycles. The van der Waals surface area contributed by atoms with Crippen LogP contribution in [0.15, 0.2) is 12.1 Å². The minimum atomic E-state index is -0.483. The van der Waals surface area contributed by atoms with Gasteiger partial charge in [-0.1, -0.05) is 12.8 Å². The van der Waals surface area contributed by atoms with Crippen LogP contribution in [0.1, 0.15) is 29.6 Å². The third-order valence-corrected chi connectivity index (χ3v) is 3.55. The van der Waals surface area contributed by atoms with Crippen LogP contribution in [0.4, 0.5) is 15.8 Å². The highest BCUT2D eigenvalue weighted by molar-refractivity contribution is 6.03. The highest BCUT2D eigenvalue weighted by Crippen LogP contribution is 2.35. The predicted octanol–water partition coefficient (Wildman–Crippen LogP) is 1.73. The van der Waals surface area contributed by atoms with Crippen molar-refractivity contribution in [1.82, 2.24) is 5.32 Å². The number of rotatable bonds is 2. The van der Waals surface area contributed by atoms with Crippen molar-refractivity contribution in [1.29, 1.82) is 0 Å². The first kappa shape index (κ1) is 11.3. The average Bonchev–Trinajstić information content (AvgIpc) is 3.12. The molecule has 2 aliphatic rings. The van der Waals surface area contributed by atoms with Gasteiger partial charge >= 0.3 is 0 Å². The lowest BCUT2D eigenvalue weighted by atomic mass is 10.1. The molecule has 0 spiro atoms. The molecule has 1 amide bonds. The number of anilines is 2. The van der Waals surface area contributed by atoms with Gasteiger partial charge in [0.25, 0.3) is 5.91 Å². The Kier molecular flexibility index (Phi) is 2.61. The van der Waals surface area contributed by atoms with Crippen LogP contribution in [-0.2, 0) is 0 Å². The molecule has 18 heavy (non-hydrogen) atoms. The highest BCUT2D eigenvalue weighted by Gasteiger charge is 2.29. The van der Waals surface area contributed by atoms with Crippen LogP contribution in [0.5, 0.6) is 0 Å². The van der Waals surface area contributed by atoms with Crippen LogP contribution in [0.25, 0.3) is 0 Å². The molecule has 96 valence electrons. The van der Waals surface area contributed by atoms with Gasteiger partial charge in [0, 0.05) is 12.6 Å². The summed E-state index contributed by atoms with van der Waals surface area (Å²) in [7, 11) is 0. The molecule has 1 aromatic carbocycles. The molecule has 1 unspecified atom stereocenters. The van der Waals surface area contributed by atoms with Gasteiger partial charge in [-0.3, -0.25) is 4.79 Å². The number of carbonyl (C=O) groups excluding carboxylic acids is 1. The molecular weight excluding hydrogens is 233 g/mol. The van der Waals surface area contributed by atoms with Crippen molar-refractivity contribution in [2.45, 2.75) is 25.3 Å². The van der Waals surface area contributed by atoms with Gasteiger partial charge in [0.05, 0.1) is 16.9 Å². The van der Waals surface area contributed by atoms with E-state index in [-0.39, 0.29) is 11.9 Å². The Labute approximate surface area is 105 Å². The largest absolute Gasteiger partial charge is 0.397 e. The predicted molar refractivity (Wildman–Crippen MR) is 67.9 cm³/mol. The van der Waals surface area contributed by atoms with Crippen molar-refractivity contribution in [3.63, 3.8) is 0 Å². The Morgan fingerprint density at radius 1 is 1.39 bits per heavy atom. The lowest BCUT2D eigenvalue weighted by Gasteiger charge is -2.18. The van der Waals surface area contributed by atoms with Crippen molar-refractivity contribution in [2.24, 2.45) is 5.92 Å². The summed E-state index contributed by atoms with van der Waals surface area (Å²) in [6.45, 7) is 0.561. The summed E-state index contributed by atoms with van der Waals surface area (Å²) < 4.78 is 13.3. The maximum atomic E-state index is 13.3. The first-order chi connectivity index (χ1) is 8.63. The van der Waals surface area contributed by atoms with Gasteiger partial charge in [0.2, 0.25) is 0 Å². The summed E-state index contributed by atoms with van der Waals surface area (Å²) in [6.07, 6.45) is 3.55. The lowest BCUT2D eigenvalue weighted by molar-refractivity contribution is 0.0954. The third kappa shape index (κ3) is 2.12. The van der Waals surface area contributed by atoms with Gasteiger partial charge < -0.3 is 16.4 Å². The van der Waals surface area contributed by atoms with E-state index < -0.39 is 5.82 Å². The van der Waals surface area contributed by atoms with Crippen molar-refractivity contribution in [3.05, 3.63) is 23.5 Å². The van der Waals surface area contributed by atoms with Gasteiger partial charge in [-0.25, -0.2) is 4.39 Å². The van der Waals surface area contributed by atoms with Crippen molar-refractivity contribution in [3.8, 4) is 0 Å². The molecule has 0 aromatic heterocycles. The number of carbonyl (C=O) groups is 1. The summed E-state index contributed by atoms with van der Waals surface area (Å²) in [5.41, 5.74) is 6.96. The molecule has 1 atom stereocenters. The van der Waals surface area contributed by atoms with Gasteiger partial charge in [-0.05, 0) is 24.5 Å². The Morgan fingerprint density at radius 3 is 2.89 bits per heavy atom. The van der Waals surface area contributed by atoms with Crippen molar-refractivity contribution >= 4 is 17.3 Å². The average molecular weight is 249 g/mol.